The number of carbonyl (C=O) groups is 2. The maximum atomic E-state index is 12.1. The number of phenols is 1. The van der Waals surface area contributed by atoms with Crippen LogP contribution in [0.5, 0.6) is 11.5 Å². The van der Waals surface area contributed by atoms with E-state index < -0.39 is 0 Å². The summed E-state index contributed by atoms with van der Waals surface area (Å²) < 4.78 is 4.96. The minimum absolute atomic E-state index is 0.00986. The number of hydrogen-bond donors (Lipinski definition) is 3. The lowest BCUT2D eigenvalue weighted by atomic mass is 10.2. The highest BCUT2D eigenvalue weighted by atomic mass is 16.5. The van der Waals surface area contributed by atoms with Crippen molar-refractivity contribution >= 4 is 23.7 Å². The van der Waals surface area contributed by atoms with Gasteiger partial charge in [-0.1, -0.05) is 13.3 Å². The van der Waals surface area contributed by atoms with Crippen molar-refractivity contribution in [2.75, 3.05) is 12.4 Å². The van der Waals surface area contributed by atoms with E-state index in [1.54, 1.807) is 36.4 Å². The van der Waals surface area contributed by atoms with Crippen LogP contribution in [-0.4, -0.2) is 30.2 Å². The van der Waals surface area contributed by atoms with Crippen molar-refractivity contribution in [2.24, 2.45) is 5.10 Å². The van der Waals surface area contributed by atoms with Gasteiger partial charge in [-0.25, -0.2) is 5.43 Å². The number of hydrazone groups is 1. The normalized spacial score (nSPS) is 10.6. The molecule has 0 fully saturated rings. The largest absolute Gasteiger partial charge is 0.504 e. The number of carbonyl (C=O) groups excluding carboxylic acids is 2. The number of nitrogens with zero attached hydrogens (tertiary/aromatic N) is 1. The van der Waals surface area contributed by atoms with Gasteiger partial charge in [0.2, 0.25) is 5.91 Å². The van der Waals surface area contributed by atoms with Crippen LogP contribution in [0.2, 0.25) is 0 Å². The molecule has 142 valence electrons. The van der Waals surface area contributed by atoms with Gasteiger partial charge >= 0.3 is 0 Å². The fourth-order valence-electron chi connectivity index (χ4n) is 2.28. The van der Waals surface area contributed by atoms with Crippen LogP contribution in [0.1, 0.15) is 42.1 Å². The fraction of sp³-hybridized carbons (Fsp3) is 0.250. The molecule has 0 spiro atoms. The highest BCUT2D eigenvalue weighted by Crippen LogP contribution is 2.25. The Hall–Kier alpha value is -3.35. The molecule has 0 radical (unpaired) electrons. The number of ether oxygens (including phenoxy) is 1. The van der Waals surface area contributed by atoms with E-state index in [9.17, 15) is 14.7 Å². The van der Waals surface area contributed by atoms with Gasteiger partial charge in [0.15, 0.2) is 11.5 Å². The number of benzene rings is 2. The Morgan fingerprint density at radius 3 is 2.56 bits per heavy atom. The third-order valence-electron chi connectivity index (χ3n) is 3.77. The lowest BCUT2D eigenvalue weighted by Crippen LogP contribution is -2.17. The first-order valence-electron chi connectivity index (χ1n) is 8.63. The SMILES string of the molecule is CCCCC(=O)Nc1ccc(C(=O)NN=Cc2ccc(OC)c(O)c2)cc1. The van der Waals surface area contributed by atoms with Crippen LogP contribution >= 0.6 is 0 Å². The molecule has 7 nitrogen and oxygen atoms in total. The number of phenolic OH excluding ortho intramolecular Hbond substituents is 1. The lowest BCUT2D eigenvalue weighted by Gasteiger charge is -2.06. The summed E-state index contributed by atoms with van der Waals surface area (Å²) in [7, 11) is 1.46. The van der Waals surface area contributed by atoms with E-state index >= 15 is 0 Å². The Morgan fingerprint density at radius 2 is 1.93 bits per heavy atom. The molecule has 3 N–H and O–H groups in total. The maximum absolute atomic E-state index is 12.1. The topological polar surface area (TPSA) is 100 Å². The molecule has 2 amide bonds. The number of hydrogen-bond acceptors (Lipinski definition) is 5. The highest BCUT2D eigenvalue weighted by molar-refractivity contribution is 5.96. The van der Waals surface area contributed by atoms with E-state index in [-0.39, 0.29) is 17.6 Å². The number of nitrogens with one attached hydrogen (secondary N) is 2. The van der Waals surface area contributed by atoms with E-state index in [1.807, 2.05) is 6.92 Å². The molecule has 0 aliphatic heterocycles. The molecule has 0 atom stereocenters. The van der Waals surface area contributed by atoms with Gasteiger partial charge in [0.1, 0.15) is 0 Å². The average Bonchev–Trinajstić information content (AvgIpc) is 2.67. The molecular weight excluding hydrogens is 346 g/mol. The highest BCUT2D eigenvalue weighted by Gasteiger charge is 2.06. The van der Waals surface area contributed by atoms with Crippen LogP contribution in [0.25, 0.3) is 0 Å². The molecule has 0 aliphatic carbocycles. The molecule has 0 aromatic heterocycles. The van der Waals surface area contributed by atoms with Gasteiger partial charge in [0.25, 0.3) is 5.91 Å². The lowest BCUT2D eigenvalue weighted by molar-refractivity contribution is -0.116. The molecule has 0 aliphatic rings. The Labute approximate surface area is 158 Å². The summed E-state index contributed by atoms with van der Waals surface area (Å²) in [5.74, 6) is -0.0725. The number of methoxy groups -OCH3 is 1. The summed E-state index contributed by atoms with van der Waals surface area (Å²) in [4.78, 5) is 23.8. The monoisotopic (exact) mass is 369 g/mol. The summed E-state index contributed by atoms with van der Waals surface area (Å²) in [6, 6.07) is 11.3. The molecule has 2 rings (SSSR count). The second-order valence-electron chi connectivity index (χ2n) is 5.86. The summed E-state index contributed by atoms with van der Waals surface area (Å²) in [6.07, 6.45) is 3.70. The molecule has 27 heavy (non-hydrogen) atoms. The van der Waals surface area contributed by atoms with Crippen molar-refractivity contribution in [3.8, 4) is 11.5 Å². The zero-order valence-corrected chi connectivity index (χ0v) is 15.4. The molecule has 0 unspecified atom stereocenters. The van der Waals surface area contributed by atoms with Crippen LogP contribution in [0.15, 0.2) is 47.6 Å². The number of amides is 2. The maximum Gasteiger partial charge on any atom is 0.271 e. The molecule has 2 aromatic carbocycles. The first kappa shape index (κ1) is 20.0. The third kappa shape index (κ3) is 6.14. The van der Waals surface area contributed by atoms with E-state index in [2.05, 4.69) is 15.8 Å². The summed E-state index contributed by atoms with van der Waals surface area (Å²) in [6.45, 7) is 2.03. The van der Waals surface area contributed by atoms with Gasteiger partial charge in [-0.15, -0.1) is 0 Å². The predicted octanol–water partition coefficient (Wildman–Crippen LogP) is 3.29. The van der Waals surface area contributed by atoms with Crippen LogP contribution in [0, 0.1) is 0 Å². The molecular formula is C20H23N3O4. The second-order valence-corrected chi connectivity index (χ2v) is 5.86. The van der Waals surface area contributed by atoms with Crippen LogP contribution < -0.4 is 15.5 Å². The van der Waals surface area contributed by atoms with Crippen molar-refractivity contribution in [3.63, 3.8) is 0 Å². The summed E-state index contributed by atoms with van der Waals surface area (Å²) in [5, 5.41) is 16.4. The fourth-order valence-corrected chi connectivity index (χ4v) is 2.28. The van der Waals surface area contributed by atoms with Crippen molar-refractivity contribution in [3.05, 3.63) is 53.6 Å². The Bertz CT molecular complexity index is 816. The van der Waals surface area contributed by atoms with E-state index in [0.29, 0.717) is 29.0 Å². The van der Waals surface area contributed by atoms with Crippen molar-refractivity contribution < 1.29 is 19.4 Å². The average molecular weight is 369 g/mol. The number of anilines is 1. The Kier molecular flexibility index (Phi) is 7.37. The van der Waals surface area contributed by atoms with Gasteiger partial charge < -0.3 is 15.2 Å². The third-order valence-corrected chi connectivity index (χ3v) is 3.77. The van der Waals surface area contributed by atoms with Crippen molar-refractivity contribution in [1.29, 1.82) is 0 Å². The Morgan fingerprint density at radius 1 is 1.19 bits per heavy atom. The molecule has 2 aromatic rings. The van der Waals surface area contributed by atoms with Gasteiger partial charge in [-0.3, -0.25) is 9.59 Å². The smallest absolute Gasteiger partial charge is 0.271 e. The minimum atomic E-state index is -0.382. The van der Waals surface area contributed by atoms with E-state index in [0.717, 1.165) is 12.8 Å². The van der Waals surface area contributed by atoms with E-state index in [4.69, 9.17) is 4.74 Å². The molecule has 0 heterocycles. The van der Waals surface area contributed by atoms with Crippen LogP contribution in [0.4, 0.5) is 5.69 Å². The quantitative estimate of drug-likeness (QED) is 0.491. The minimum Gasteiger partial charge on any atom is -0.504 e. The van der Waals surface area contributed by atoms with Crippen LogP contribution in [-0.2, 0) is 4.79 Å². The molecule has 7 heteroatoms. The zero-order chi connectivity index (χ0) is 19.6. The Balaban J connectivity index is 1.90. The number of rotatable bonds is 8. The van der Waals surface area contributed by atoms with Crippen LogP contribution in [0.3, 0.4) is 0 Å². The number of aromatic hydroxyl groups is 1. The molecule has 0 bridgehead atoms. The standard InChI is InChI=1S/C20H23N3O4/c1-3-4-5-19(25)22-16-9-7-15(8-10-16)20(26)23-21-13-14-6-11-18(27-2)17(24)12-14/h6-13,24H,3-5H2,1-2H3,(H,22,25)(H,23,26). The van der Waals surface area contributed by atoms with Gasteiger partial charge in [-0.05, 0) is 54.4 Å². The molecule has 0 saturated heterocycles. The second kappa shape index (κ2) is 9.96. The molecule has 0 saturated carbocycles. The van der Waals surface area contributed by atoms with Crippen molar-refractivity contribution in [1.82, 2.24) is 5.43 Å². The first-order chi connectivity index (χ1) is 13.0. The summed E-state index contributed by atoms with van der Waals surface area (Å²) in [5.41, 5.74) is 4.08. The van der Waals surface area contributed by atoms with Gasteiger partial charge in [0.05, 0.1) is 13.3 Å². The van der Waals surface area contributed by atoms with E-state index in [1.165, 1.54) is 19.4 Å². The van der Waals surface area contributed by atoms with Crippen molar-refractivity contribution in [2.45, 2.75) is 26.2 Å². The van der Waals surface area contributed by atoms with Gasteiger partial charge in [-0.2, -0.15) is 5.10 Å². The zero-order valence-electron chi connectivity index (χ0n) is 15.4. The first-order valence-corrected chi connectivity index (χ1v) is 8.63. The predicted molar refractivity (Wildman–Crippen MR) is 104 cm³/mol. The number of unbranched alkanes of at least 4 members (excludes halogenated alkanes) is 1. The summed E-state index contributed by atoms with van der Waals surface area (Å²) >= 11 is 0. The van der Waals surface area contributed by atoms with Gasteiger partial charge in [0, 0.05) is 17.7 Å².